The highest BCUT2D eigenvalue weighted by Gasteiger charge is 2.25. The van der Waals surface area contributed by atoms with Crippen LogP contribution >= 0.6 is 0 Å². The summed E-state index contributed by atoms with van der Waals surface area (Å²) >= 11 is 0. The van der Waals surface area contributed by atoms with Crippen molar-refractivity contribution in [1.29, 1.82) is 0 Å². The summed E-state index contributed by atoms with van der Waals surface area (Å²) in [5.41, 5.74) is 0. The lowest BCUT2D eigenvalue weighted by atomic mass is 9.81. The summed E-state index contributed by atoms with van der Waals surface area (Å²) in [4.78, 5) is 2.77. The predicted molar refractivity (Wildman–Crippen MR) is 78.9 cm³/mol. The van der Waals surface area contributed by atoms with E-state index in [0.29, 0.717) is 0 Å². The summed E-state index contributed by atoms with van der Waals surface area (Å²) in [6.45, 7) is 8.60. The molecule has 0 amide bonds. The molecule has 1 N–H and O–H groups in total. The monoisotopic (exact) mass is 252 g/mol. The third-order valence-corrected chi connectivity index (χ3v) is 4.94. The molecule has 1 saturated carbocycles. The second-order valence-corrected chi connectivity index (χ2v) is 6.52. The van der Waals surface area contributed by atoms with Crippen LogP contribution in [-0.4, -0.2) is 36.6 Å². The fraction of sp³-hybridized carbons (Fsp3) is 1.00. The lowest BCUT2D eigenvalue weighted by Gasteiger charge is -2.36. The number of nitrogens with zero attached hydrogens (tertiary/aromatic N) is 1. The number of unbranched alkanes of at least 4 members (excludes halogenated alkanes) is 1. The first-order valence-electron chi connectivity index (χ1n) is 8.27. The van der Waals surface area contributed by atoms with Crippen molar-refractivity contribution >= 4 is 0 Å². The molecular formula is C16H32N2. The molecule has 0 aromatic heterocycles. The summed E-state index contributed by atoms with van der Waals surface area (Å²) in [5.74, 6) is 1.04. The predicted octanol–water partition coefficient (Wildman–Crippen LogP) is 3.42. The van der Waals surface area contributed by atoms with Gasteiger partial charge < -0.3 is 5.32 Å². The number of rotatable bonds is 8. The normalized spacial score (nSPS) is 26.5. The van der Waals surface area contributed by atoms with Gasteiger partial charge >= 0.3 is 0 Å². The van der Waals surface area contributed by atoms with Crippen molar-refractivity contribution < 1.29 is 0 Å². The molecular weight excluding hydrogens is 220 g/mol. The lowest BCUT2D eigenvalue weighted by Crippen LogP contribution is -2.43. The van der Waals surface area contributed by atoms with E-state index in [2.05, 4.69) is 24.1 Å². The standard InChI is InChI=1S/C16H32N2/c1-3-4-11-18(13-16-9-6-10-17-16)14(2)12-15-7-5-8-15/h14-17H,3-13H2,1-2H3. The first kappa shape index (κ1) is 14.3. The Labute approximate surface area is 114 Å². The van der Waals surface area contributed by atoms with E-state index in [0.717, 1.165) is 18.0 Å². The van der Waals surface area contributed by atoms with Crippen molar-refractivity contribution in [2.45, 2.75) is 77.3 Å². The zero-order chi connectivity index (χ0) is 12.8. The Morgan fingerprint density at radius 2 is 2.06 bits per heavy atom. The maximum atomic E-state index is 3.66. The molecule has 0 aromatic rings. The van der Waals surface area contributed by atoms with Gasteiger partial charge in [-0.1, -0.05) is 32.6 Å². The van der Waals surface area contributed by atoms with Crippen LogP contribution < -0.4 is 5.32 Å². The van der Waals surface area contributed by atoms with E-state index in [1.165, 1.54) is 71.0 Å². The van der Waals surface area contributed by atoms with Gasteiger partial charge in [0.05, 0.1) is 0 Å². The highest BCUT2D eigenvalue weighted by molar-refractivity contribution is 4.82. The Morgan fingerprint density at radius 3 is 2.61 bits per heavy atom. The Hall–Kier alpha value is -0.0800. The van der Waals surface area contributed by atoms with E-state index in [9.17, 15) is 0 Å². The van der Waals surface area contributed by atoms with Crippen molar-refractivity contribution in [3.63, 3.8) is 0 Å². The smallest absolute Gasteiger partial charge is 0.0195 e. The number of hydrogen-bond acceptors (Lipinski definition) is 2. The zero-order valence-corrected chi connectivity index (χ0v) is 12.5. The average Bonchev–Trinajstić information content (AvgIpc) is 2.81. The van der Waals surface area contributed by atoms with E-state index in [-0.39, 0.29) is 0 Å². The van der Waals surface area contributed by atoms with Gasteiger partial charge in [0.1, 0.15) is 0 Å². The fourth-order valence-electron chi connectivity index (χ4n) is 3.41. The third kappa shape index (κ3) is 4.24. The maximum Gasteiger partial charge on any atom is 0.0195 e. The van der Waals surface area contributed by atoms with E-state index >= 15 is 0 Å². The fourth-order valence-corrected chi connectivity index (χ4v) is 3.41. The van der Waals surface area contributed by atoms with Gasteiger partial charge in [-0.15, -0.1) is 0 Å². The Balaban J connectivity index is 1.77. The van der Waals surface area contributed by atoms with Crippen molar-refractivity contribution in [2.75, 3.05) is 19.6 Å². The van der Waals surface area contributed by atoms with E-state index in [4.69, 9.17) is 0 Å². The molecule has 1 heterocycles. The first-order valence-corrected chi connectivity index (χ1v) is 8.27. The molecule has 0 radical (unpaired) electrons. The molecule has 106 valence electrons. The average molecular weight is 252 g/mol. The third-order valence-electron chi connectivity index (χ3n) is 4.94. The van der Waals surface area contributed by atoms with Crippen molar-refractivity contribution in [2.24, 2.45) is 5.92 Å². The second-order valence-electron chi connectivity index (χ2n) is 6.52. The molecule has 2 fully saturated rings. The summed E-state index contributed by atoms with van der Waals surface area (Å²) < 4.78 is 0. The molecule has 18 heavy (non-hydrogen) atoms. The molecule has 2 nitrogen and oxygen atoms in total. The van der Waals surface area contributed by atoms with Gasteiger partial charge in [-0.3, -0.25) is 4.90 Å². The molecule has 1 saturated heterocycles. The quantitative estimate of drug-likeness (QED) is 0.712. The molecule has 2 atom stereocenters. The Kier molecular flexibility index (Phi) is 5.97. The molecule has 2 heteroatoms. The van der Waals surface area contributed by atoms with Crippen LogP contribution in [-0.2, 0) is 0 Å². The highest BCUT2D eigenvalue weighted by atomic mass is 15.2. The molecule has 2 unspecified atom stereocenters. The van der Waals surface area contributed by atoms with Crippen LogP contribution in [0.15, 0.2) is 0 Å². The molecule has 2 aliphatic rings. The van der Waals surface area contributed by atoms with Crippen LogP contribution in [0.3, 0.4) is 0 Å². The van der Waals surface area contributed by atoms with Gasteiger partial charge in [0.2, 0.25) is 0 Å². The van der Waals surface area contributed by atoms with Crippen molar-refractivity contribution in [3.05, 3.63) is 0 Å². The molecule has 0 spiro atoms. The molecule has 0 aromatic carbocycles. The van der Waals surface area contributed by atoms with E-state index in [1.807, 2.05) is 0 Å². The van der Waals surface area contributed by atoms with Gasteiger partial charge in [-0.25, -0.2) is 0 Å². The number of nitrogens with one attached hydrogen (secondary N) is 1. The van der Waals surface area contributed by atoms with Gasteiger partial charge in [-0.05, 0) is 51.6 Å². The summed E-state index contributed by atoms with van der Waals surface area (Å²) in [6, 6.07) is 1.56. The van der Waals surface area contributed by atoms with Gasteiger partial charge in [0, 0.05) is 18.6 Å². The SMILES string of the molecule is CCCCN(CC1CCCN1)C(C)CC1CCC1. The lowest BCUT2D eigenvalue weighted by molar-refractivity contribution is 0.142. The number of hydrogen-bond donors (Lipinski definition) is 1. The molecule has 1 aliphatic heterocycles. The minimum atomic E-state index is 0.769. The molecule has 1 aliphatic carbocycles. The van der Waals surface area contributed by atoms with Crippen LogP contribution in [0.4, 0.5) is 0 Å². The van der Waals surface area contributed by atoms with Gasteiger partial charge in [0.25, 0.3) is 0 Å². The Bertz CT molecular complexity index is 219. The van der Waals surface area contributed by atoms with Crippen molar-refractivity contribution in [1.82, 2.24) is 10.2 Å². The minimum Gasteiger partial charge on any atom is -0.313 e. The van der Waals surface area contributed by atoms with Crippen LogP contribution in [0.1, 0.15) is 65.2 Å². The minimum absolute atomic E-state index is 0.769. The van der Waals surface area contributed by atoms with Gasteiger partial charge in [0.15, 0.2) is 0 Å². The van der Waals surface area contributed by atoms with Crippen LogP contribution in [0, 0.1) is 5.92 Å². The zero-order valence-electron chi connectivity index (χ0n) is 12.5. The van der Waals surface area contributed by atoms with Gasteiger partial charge in [-0.2, -0.15) is 0 Å². The van der Waals surface area contributed by atoms with Crippen molar-refractivity contribution in [3.8, 4) is 0 Å². The largest absolute Gasteiger partial charge is 0.313 e. The summed E-state index contributed by atoms with van der Waals surface area (Å²) in [6.07, 6.45) is 11.4. The molecule has 0 bridgehead atoms. The van der Waals surface area contributed by atoms with E-state index in [1.54, 1.807) is 0 Å². The topological polar surface area (TPSA) is 15.3 Å². The Morgan fingerprint density at radius 1 is 1.22 bits per heavy atom. The molecule has 2 rings (SSSR count). The van der Waals surface area contributed by atoms with Crippen LogP contribution in [0.2, 0.25) is 0 Å². The van der Waals surface area contributed by atoms with Crippen LogP contribution in [0.5, 0.6) is 0 Å². The summed E-state index contributed by atoms with van der Waals surface area (Å²) in [5, 5.41) is 3.66. The second kappa shape index (κ2) is 7.49. The van der Waals surface area contributed by atoms with Crippen LogP contribution in [0.25, 0.3) is 0 Å². The highest BCUT2D eigenvalue weighted by Crippen LogP contribution is 2.31. The first-order chi connectivity index (χ1) is 8.79. The van der Waals surface area contributed by atoms with E-state index < -0.39 is 0 Å². The maximum absolute atomic E-state index is 3.66. The summed E-state index contributed by atoms with van der Waals surface area (Å²) in [7, 11) is 0.